The summed E-state index contributed by atoms with van der Waals surface area (Å²) in [7, 11) is 0. The molecule has 1 aliphatic rings. The van der Waals surface area contributed by atoms with Crippen molar-refractivity contribution in [3.63, 3.8) is 0 Å². The Hall–Kier alpha value is -1.86. The lowest BCUT2D eigenvalue weighted by atomic mass is 9.81. The normalized spacial score (nSPS) is 17.8. The van der Waals surface area contributed by atoms with Crippen LogP contribution in [0, 0.1) is 23.7 Å². The Labute approximate surface area is 107 Å². The van der Waals surface area contributed by atoms with Gasteiger partial charge in [-0.25, -0.2) is 0 Å². The van der Waals surface area contributed by atoms with Crippen molar-refractivity contribution in [2.24, 2.45) is 5.41 Å². The smallest absolute Gasteiger partial charge is 0.245 e. The number of rotatable bonds is 2. The van der Waals surface area contributed by atoms with E-state index in [1.54, 1.807) is 0 Å². The van der Waals surface area contributed by atoms with Crippen molar-refractivity contribution in [2.75, 3.05) is 18.5 Å². The van der Waals surface area contributed by atoms with Crippen LogP contribution in [0.1, 0.15) is 18.4 Å². The molecule has 1 amide bonds. The van der Waals surface area contributed by atoms with Gasteiger partial charge in [0, 0.05) is 18.9 Å². The second-order valence-electron chi connectivity index (χ2n) is 4.63. The van der Waals surface area contributed by atoms with E-state index in [4.69, 9.17) is 4.74 Å². The highest BCUT2D eigenvalue weighted by Gasteiger charge is 2.40. The fraction of sp³-hybridized carbons (Fsp3) is 0.429. The van der Waals surface area contributed by atoms with E-state index in [0.29, 0.717) is 26.1 Å². The first-order valence-corrected chi connectivity index (χ1v) is 6.03. The van der Waals surface area contributed by atoms with Crippen LogP contribution in [-0.4, -0.2) is 19.1 Å². The van der Waals surface area contributed by atoms with Gasteiger partial charge in [-0.2, -0.15) is 5.26 Å². The van der Waals surface area contributed by atoms with Gasteiger partial charge in [0.15, 0.2) is 0 Å². The number of hydrogen-bond acceptors (Lipinski definition) is 3. The molecule has 1 aliphatic heterocycles. The van der Waals surface area contributed by atoms with Crippen molar-refractivity contribution in [3.8, 4) is 6.07 Å². The van der Waals surface area contributed by atoms with Crippen LogP contribution in [0.4, 0.5) is 5.69 Å². The fourth-order valence-electron chi connectivity index (χ4n) is 2.00. The molecule has 0 aromatic heterocycles. The van der Waals surface area contributed by atoms with Crippen LogP contribution >= 0.6 is 0 Å². The largest absolute Gasteiger partial charge is 0.381 e. The molecular weight excluding hydrogens is 228 g/mol. The Morgan fingerprint density at radius 2 is 1.94 bits per heavy atom. The molecule has 18 heavy (non-hydrogen) atoms. The summed E-state index contributed by atoms with van der Waals surface area (Å²) >= 11 is 0. The minimum Gasteiger partial charge on any atom is -0.381 e. The third kappa shape index (κ3) is 2.52. The standard InChI is InChI=1S/C14H16N2O2/c1-11-2-4-12(5-3-11)16-13(17)14(10-15)6-8-18-9-7-14/h2-5H,6-9H2,1H3,(H,16,17). The third-order valence-electron chi connectivity index (χ3n) is 3.30. The van der Waals surface area contributed by atoms with Crippen molar-refractivity contribution >= 4 is 11.6 Å². The van der Waals surface area contributed by atoms with Crippen molar-refractivity contribution < 1.29 is 9.53 Å². The summed E-state index contributed by atoms with van der Waals surface area (Å²) in [6, 6.07) is 9.70. The van der Waals surface area contributed by atoms with Crippen molar-refractivity contribution in [3.05, 3.63) is 29.8 Å². The maximum atomic E-state index is 12.2. The summed E-state index contributed by atoms with van der Waals surface area (Å²) in [6.45, 7) is 2.92. The highest BCUT2D eigenvalue weighted by molar-refractivity contribution is 5.97. The lowest BCUT2D eigenvalue weighted by Gasteiger charge is -2.29. The zero-order valence-electron chi connectivity index (χ0n) is 10.4. The number of ether oxygens (including phenoxy) is 1. The molecule has 0 bridgehead atoms. The molecule has 4 heteroatoms. The number of carbonyl (C=O) groups excluding carboxylic acids is 1. The Morgan fingerprint density at radius 1 is 1.33 bits per heavy atom. The Bertz CT molecular complexity index is 468. The number of nitriles is 1. The van der Waals surface area contributed by atoms with E-state index in [1.807, 2.05) is 31.2 Å². The van der Waals surface area contributed by atoms with E-state index in [-0.39, 0.29) is 5.91 Å². The van der Waals surface area contributed by atoms with Crippen LogP contribution in [0.3, 0.4) is 0 Å². The molecule has 0 spiro atoms. The van der Waals surface area contributed by atoms with Crippen LogP contribution in [0.15, 0.2) is 24.3 Å². The maximum absolute atomic E-state index is 12.2. The number of amides is 1. The molecular formula is C14H16N2O2. The molecule has 2 rings (SSSR count). The number of benzene rings is 1. The highest BCUT2D eigenvalue weighted by Crippen LogP contribution is 2.31. The molecule has 1 aromatic carbocycles. The molecule has 0 atom stereocenters. The SMILES string of the molecule is Cc1ccc(NC(=O)C2(C#N)CCOCC2)cc1. The van der Waals surface area contributed by atoms with E-state index >= 15 is 0 Å². The minimum atomic E-state index is -0.941. The number of nitrogens with one attached hydrogen (secondary N) is 1. The number of aryl methyl sites for hydroxylation is 1. The zero-order chi connectivity index (χ0) is 13.0. The summed E-state index contributed by atoms with van der Waals surface area (Å²) in [5, 5.41) is 12.1. The van der Waals surface area contributed by atoms with Crippen LogP contribution in [0.5, 0.6) is 0 Å². The molecule has 1 N–H and O–H groups in total. The molecule has 1 aromatic rings. The van der Waals surface area contributed by atoms with Gasteiger partial charge in [0.25, 0.3) is 0 Å². The molecule has 1 saturated heterocycles. The molecule has 1 fully saturated rings. The molecule has 0 unspecified atom stereocenters. The lowest BCUT2D eigenvalue weighted by Crippen LogP contribution is -2.39. The van der Waals surface area contributed by atoms with Gasteiger partial charge in [0.05, 0.1) is 6.07 Å². The predicted octanol–water partition coefficient (Wildman–Crippen LogP) is 2.25. The monoisotopic (exact) mass is 244 g/mol. The summed E-state index contributed by atoms with van der Waals surface area (Å²) in [6.07, 6.45) is 0.919. The molecule has 94 valence electrons. The summed E-state index contributed by atoms with van der Waals surface area (Å²) in [4.78, 5) is 12.2. The summed E-state index contributed by atoms with van der Waals surface area (Å²) in [5.74, 6) is -0.225. The van der Waals surface area contributed by atoms with E-state index in [2.05, 4.69) is 11.4 Å². The predicted molar refractivity (Wildman–Crippen MR) is 67.9 cm³/mol. The van der Waals surface area contributed by atoms with Crippen LogP contribution in [0.25, 0.3) is 0 Å². The van der Waals surface area contributed by atoms with Gasteiger partial charge in [-0.05, 0) is 31.9 Å². The number of carbonyl (C=O) groups is 1. The maximum Gasteiger partial charge on any atom is 0.245 e. The van der Waals surface area contributed by atoms with Gasteiger partial charge in [-0.15, -0.1) is 0 Å². The van der Waals surface area contributed by atoms with Crippen LogP contribution in [0.2, 0.25) is 0 Å². The highest BCUT2D eigenvalue weighted by atomic mass is 16.5. The Balaban J connectivity index is 2.11. The Morgan fingerprint density at radius 3 is 2.50 bits per heavy atom. The van der Waals surface area contributed by atoms with E-state index in [1.165, 1.54) is 0 Å². The summed E-state index contributed by atoms with van der Waals surface area (Å²) in [5.41, 5.74) is 0.920. The van der Waals surface area contributed by atoms with Gasteiger partial charge in [0.2, 0.25) is 5.91 Å². The first kappa shape index (κ1) is 12.6. The number of hydrogen-bond donors (Lipinski definition) is 1. The van der Waals surface area contributed by atoms with Gasteiger partial charge in [-0.3, -0.25) is 4.79 Å². The molecule has 1 heterocycles. The fourth-order valence-corrected chi connectivity index (χ4v) is 2.00. The third-order valence-corrected chi connectivity index (χ3v) is 3.30. The van der Waals surface area contributed by atoms with Crippen LogP contribution < -0.4 is 5.32 Å². The van der Waals surface area contributed by atoms with Gasteiger partial charge in [-0.1, -0.05) is 17.7 Å². The van der Waals surface area contributed by atoms with Gasteiger partial charge < -0.3 is 10.1 Å². The second kappa shape index (κ2) is 5.19. The second-order valence-corrected chi connectivity index (χ2v) is 4.63. The number of anilines is 1. The van der Waals surface area contributed by atoms with Gasteiger partial charge in [0.1, 0.15) is 5.41 Å². The molecule has 0 aliphatic carbocycles. The van der Waals surface area contributed by atoms with Crippen molar-refractivity contribution in [1.29, 1.82) is 5.26 Å². The first-order valence-electron chi connectivity index (χ1n) is 6.03. The Kier molecular flexibility index (Phi) is 3.63. The van der Waals surface area contributed by atoms with Crippen molar-refractivity contribution in [1.82, 2.24) is 0 Å². The quantitative estimate of drug-likeness (QED) is 0.868. The topological polar surface area (TPSA) is 62.1 Å². The van der Waals surface area contributed by atoms with E-state index in [0.717, 1.165) is 11.3 Å². The summed E-state index contributed by atoms with van der Waals surface area (Å²) < 4.78 is 5.21. The molecule has 4 nitrogen and oxygen atoms in total. The molecule has 0 radical (unpaired) electrons. The zero-order valence-corrected chi connectivity index (χ0v) is 10.4. The number of nitrogens with zero attached hydrogens (tertiary/aromatic N) is 1. The average Bonchev–Trinajstić information content (AvgIpc) is 2.42. The minimum absolute atomic E-state index is 0.225. The van der Waals surface area contributed by atoms with E-state index < -0.39 is 5.41 Å². The average molecular weight is 244 g/mol. The van der Waals surface area contributed by atoms with E-state index in [9.17, 15) is 10.1 Å². The van der Waals surface area contributed by atoms with Crippen LogP contribution in [-0.2, 0) is 9.53 Å². The van der Waals surface area contributed by atoms with Crippen molar-refractivity contribution in [2.45, 2.75) is 19.8 Å². The lowest BCUT2D eigenvalue weighted by molar-refractivity contribution is -0.126. The molecule has 0 saturated carbocycles. The van der Waals surface area contributed by atoms with Gasteiger partial charge >= 0.3 is 0 Å². The first-order chi connectivity index (χ1) is 8.66.